The fourth-order valence-electron chi connectivity index (χ4n) is 4.86. The number of allylic oxidation sites excluding steroid dienone is 4. The molecule has 2 aliphatic carbocycles. The van der Waals surface area contributed by atoms with Gasteiger partial charge in [-0.15, -0.1) is 0 Å². The van der Waals surface area contributed by atoms with Crippen molar-refractivity contribution in [3.05, 3.63) is 47.6 Å². The van der Waals surface area contributed by atoms with Crippen LogP contribution in [-0.4, -0.2) is 48.3 Å². The zero-order valence-electron chi connectivity index (χ0n) is 24.1. The van der Waals surface area contributed by atoms with Crippen LogP contribution in [0.15, 0.2) is 47.6 Å². The first-order valence-corrected chi connectivity index (χ1v) is 13.4. The van der Waals surface area contributed by atoms with Crippen LogP contribution in [0.5, 0.6) is 0 Å². The van der Waals surface area contributed by atoms with E-state index in [0.29, 0.717) is 26.1 Å². The molecule has 0 aromatic carbocycles. The lowest BCUT2D eigenvalue weighted by atomic mass is 9.77. The highest BCUT2D eigenvalue weighted by Crippen LogP contribution is 2.37. The minimum Gasteiger partial charge on any atom is -0.369 e. The van der Waals surface area contributed by atoms with Crippen LogP contribution >= 0.6 is 0 Å². The van der Waals surface area contributed by atoms with Gasteiger partial charge in [0.2, 0.25) is 0 Å². The number of ether oxygens (including phenoxy) is 2. The first-order chi connectivity index (χ1) is 16.7. The maximum absolute atomic E-state index is 13.3. The summed E-state index contributed by atoms with van der Waals surface area (Å²) in [4.78, 5) is 26.5. The van der Waals surface area contributed by atoms with Crippen molar-refractivity contribution in [3.8, 4) is 0 Å². The van der Waals surface area contributed by atoms with Crippen molar-refractivity contribution < 1.29 is 19.1 Å². The lowest BCUT2D eigenvalue weighted by Gasteiger charge is -2.41. The van der Waals surface area contributed by atoms with E-state index in [1.807, 2.05) is 52.0 Å². The Kier molecular flexibility index (Phi) is 9.58. The highest BCUT2D eigenvalue weighted by atomic mass is 16.5. The molecule has 2 aliphatic rings. The van der Waals surface area contributed by atoms with Gasteiger partial charge in [0, 0.05) is 13.2 Å². The molecule has 0 aliphatic heterocycles. The number of hydrogen-bond donors (Lipinski definition) is 2. The van der Waals surface area contributed by atoms with Crippen LogP contribution in [0.2, 0.25) is 0 Å². The molecule has 0 spiro atoms. The third-order valence-electron chi connectivity index (χ3n) is 7.28. The Bertz CT molecular complexity index is 856. The lowest BCUT2D eigenvalue weighted by molar-refractivity contribution is -0.142. The van der Waals surface area contributed by atoms with Crippen molar-refractivity contribution in [2.45, 2.75) is 105 Å². The van der Waals surface area contributed by atoms with E-state index in [1.165, 1.54) is 0 Å². The maximum Gasteiger partial charge on any atom is 0.309 e. The minimum atomic E-state index is -0.704. The van der Waals surface area contributed by atoms with Gasteiger partial charge >= 0.3 is 11.8 Å². The van der Waals surface area contributed by atoms with Crippen molar-refractivity contribution in [2.75, 3.05) is 13.2 Å². The number of carbonyl (C=O) groups is 2. The van der Waals surface area contributed by atoms with E-state index in [-0.39, 0.29) is 10.8 Å². The predicted octanol–water partition coefficient (Wildman–Crippen LogP) is 5.41. The second-order valence-electron chi connectivity index (χ2n) is 11.8. The molecule has 0 aromatic heterocycles. The van der Waals surface area contributed by atoms with E-state index in [1.54, 1.807) is 0 Å². The van der Waals surface area contributed by atoms with Gasteiger partial charge < -0.3 is 20.1 Å². The molecule has 6 heteroatoms. The monoisotopic (exact) mass is 500 g/mol. The molecular formula is C30H48N2O4. The van der Waals surface area contributed by atoms with Crippen molar-refractivity contribution in [3.63, 3.8) is 0 Å². The van der Waals surface area contributed by atoms with Gasteiger partial charge in [-0.05, 0) is 48.7 Å². The molecule has 0 aromatic rings. The summed E-state index contributed by atoms with van der Waals surface area (Å²) in [6, 6.07) is -0.927. The molecular weight excluding hydrogens is 452 g/mol. The van der Waals surface area contributed by atoms with Gasteiger partial charge in [-0.1, -0.05) is 91.8 Å². The maximum atomic E-state index is 13.3. The molecule has 6 nitrogen and oxygen atoms in total. The van der Waals surface area contributed by atoms with Crippen molar-refractivity contribution in [1.82, 2.24) is 10.6 Å². The summed E-state index contributed by atoms with van der Waals surface area (Å²) >= 11 is 0. The topological polar surface area (TPSA) is 76.7 Å². The molecule has 0 fully saturated rings. The Morgan fingerprint density at radius 1 is 0.722 bits per heavy atom. The van der Waals surface area contributed by atoms with Gasteiger partial charge in [0.1, 0.15) is 11.2 Å². The number of carbonyl (C=O) groups excluding carboxylic acids is 2. The molecule has 2 N–H and O–H groups in total. The average Bonchev–Trinajstić information content (AvgIpc) is 2.80. The summed E-state index contributed by atoms with van der Waals surface area (Å²) in [5, 5.41) is 5.95. The highest BCUT2D eigenvalue weighted by Gasteiger charge is 2.42. The number of hydrogen-bond acceptors (Lipinski definition) is 4. The molecule has 202 valence electrons. The van der Waals surface area contributed by atoms with Crippen LogP contribution in [0.4, 0.5) is 0 Å². The quantitative estimate of drug-likeness (QED) is 0.437. The van der Waals surface area contributed by atoms with Gasteiger partial charge in [-0.2, -0.15) is 0 Å². The van der Waals surface area contributed by atoms with Crippen molar-refractivity contribution >= 4 is 11.8 Å². The van der Waals surface area contributed by atoms with Gasteiger partial charge in [0.05, 0.1) is 12.1 Å². The third kappa shape index (κ3) is 6.57. The lowest BCUT2D eigenvalue weighted by Crippen LogP contribution is -2.59. The Morgan fingerprint density at radius 3 is 1.31 bits per heavy atom. The molecule has 4 atom stereocenters. The molecule has 0 bridgehead atoms. The molecule has 0 radical (unpaired) electrons. The molecule has 0 saturated heterocycles. The molecule has 0 heterocycles. The number of amides is 2. The largest absolute Gasteiger partial charge is 0.369 e. The highest BCUT2D eigenvalue weighted by molar-refractivity contribution is 6.35. The molecule has 2 amide bonds. The van der Waals surface area contributed by atoms with E-state index >= 15 is 0 Å². The fourth-order valence-corrected chi connectivity index (χ4v) is 4.86. The number of rotatable bonds is 8. The molecule has 2 rings (SSSR count). The smallest absolute Gasteiger partial charge is 0.309 e. The normalized spacial score (nSPS) is 28.4. The first kappa shape index (κ1) is 30.0. The van der Waals surface area contributed by atoms with Crippen LogP contribution in [-0.2, 0) is 19.1 Å². The Balaban J connectivity index is 2.34. The summed E-state index contributed by atoms with van der Waals surface area (Å²) in [6.07, 6.45) is 13.6. The van der Waals surface area contributed by atoms with Crippen molar-refractivity contribution in [2.24, 2.45) is 10.8 Å². The van der Waals surface area contributed by atoms with E-state index in [4.69, 9.17) is 9.47 Å². The van der Waals surface area contributed by atoms with E-state index < -0.39 is 35.1 Å². The van der Waals surface area contributed by atoms with Crippen LogP contribution in [0, 0.1) is 10.8 Å². The summed E-state index contributed by atoms with van der Waals surface area (Å²) in [7, 11) is 0. The number of nitrogens with one attached hydrogen (secondary N) is 2. The van der Waals surface area contributed by atoms with Crippen molar-refractivity contribution in [1.29, 1.82) is 0 Å². The zero-order valence-corrected chi connectivity index (χ0v) is 24.1. The molecule has 0 saturated carbocycles. The Hall–Kier alpha value is -2.18. The van der Waals surface area contributed by atoms with Gasteiger partial charge in [0.15, 0.2) is 0 Å². The molecule has 4 unspecified atom stereocenters. The minimum absolute atomic E-state index is 0.103. The first-order valence-electron chi connectivity index (χ1n) is 13.4. The molecule has 36 heavy (non-hydrogen) atoms. The van der Waals surface area contributed by atoms with Crippen LogP contribution in [0.3, 0.4) is 0 Å². The average molecular weight is 501 g/mol. The Labute approximate surface area is 218 Å². The van der Waals surface area contributed by atoms with Gasteiger partial charge in [-0.3, -0.25) is 9.59 Å². The van der Waals surface area contributed by atoms with Gasteiger partial charge in [-0.25, -0.2) is 0 Å². The second-order valence-corrected chi connectivity index (χ2v) is 11.8. The van der Waals surface area contributed by atoms with Crippen LogP contribution in [0.25, 0.3) is 0 Å². The van der Waals surface area contributed by atoms with E-state index in [9.17, 15) is 9.59 Å². The van der Waals surface area contributed by atoms with Gasteiger partial charge in [0.25, 0.3) is 0 Å². The second kappa shape index (κ2) is 11.5. The van der Waals surface area contributed by atoms with E-state index in [2.05, 4.69) is 64.3 Å². The summed E-state index contributed by atoms with van der Waals surface area (Å²) in [5.74, 6) is -1.36. The zero-order chi connectivity index (χ0) is 27.4. The van der Waals surface area contributed by atoms with E-state index in [0.717, 1.165) is 11.1 Å². The Morgan fingerprint density at radius 2 is 1.06 bits per heavy atom. The van der Waals surface area contributed by atoms with Crippen LogP contribution in [0.1, 0.15) is 82.1 Å². The standard InChI is InChI=1S/C30H48N2O4/c1-11-29(35-13-3)17-15-21(27(5,6)7)19-23(29)31-25(33)26(34)32-24-20-22(28(8,9)10)16-18-30(24,12-2)36-14-4/h15-20,23-24H,11-14H2,1-10H3,(H,31,33)(H,32,34). The van der Waals surface area contributed by atoms with Crippen LogP contribution < -0.4 is 10.6 Å². The SMILES string of the molecule is CCOC1(CC)C=CC(C(C)(C)C)=CC1NC(=O)C(=O)NC1C=C(C(C)(C)C)C=CC1(CC)OCC. The fraction of sp³-hybridized carbons (Fsp3) is 0.667. The third-order valence-corrected chi connectivity index (χ3v) is 7.28. The predicted molar refractivity (Wildman–Crippen MR) is 147 cm³/mol. The summed E-state index contributed by atoms with van der Waals surface area (Å²) < 4.78 is 12.3. The summed E-state index contributed by atoms with van der Waals surface area (Å²) in [6.45, 7) is 21.7. The summed E-state index contributed by atoms with van der Waals surface area (Å²) in [5.41, 5.74) is 0.570.